The van der Waals surface area contributed by atoms with Crippen molar-refractivity contribution in [2.75, 3.05) is 20.1 Å². The van der Waals surface area contributed by atoms with Crippen molar-refractivity contribution >= 4 is 0 Å². The van der Waals surface area contributed by atoms with E-state index in [1.54, 1.807) is 0 Å². The molecular formula is C12H23N3. The minimum Gasteiger partial charge on any atom is -0.303 e. The molecule has 2 atom stereocenters. The van der Waals surface area contributed by atoms with Gasteiger partial charge in [-0.15, -0.1) is 0 Å². The molecule has 1 saturated carbocycles. The lowest BCUT2D eigenvalue weighted by molar-refractivity contribution is 0.237. The van der Waals surface area contributed by atoms with Gasteiger partial charge in [-0.05, 0) is 45.8 Å². The molecule has 0 aromatic rings. The standard InChI is InChI=1S/C12H23N3/c1-4-8-15(3)11-6-7-12(9-11,10-13)14-5-2/h11,14H,4-9H2,1-3H3. The van der Waals surface area contributed by atoms with Crippen LogP contribution >= 0.6 is 0 Å². The third kappa shape index (κ3) is 2.93. The third-order valence-electron chi connectivity index (χ3n) is 3.42. The second kappa shape index (κ2) is 5.48. The van der Waals surface area contributed by atoms with E-state index in [4.69, 9.17) is 0 Å². The van der Waals surface area contributed by atoms with Crippen LogP contribution in [0.2, 0.25) is 0 Å². The van der Waals surface area contributed by atoms with Crippen LogP contribution in [0.5, 0.6) is 0 Å². The molecule has 15 heavy (non-hydrogen) atoms. The Bertz CT molecular complexity index is 234. The maximum absolute atomic E-state index is 9.25. The van der Waals surface area contributed by atoms with E-state index < -0.39 is 0 Å². The average molecular weight is 209 g/mol. The van der Waals surface area contributed by atoms with Crippen molar-refractivity contribution in [3.63, 3.8) is 0 Å². The molecule has 1 rings (SSSR count). The van der Waals surface area contributed by atoms with E-state index in [-0.39, 0.29) is 5.54 Å². The normalized spacial score (nSPS) is 30.7. The zero-order chi connectivity index (χ0) is 11.3. The number of nitrogens with zero attached hydrogens (tertiary/aromatic N) is 2. The molecule has 0 aromatic heterocycles. The minimum absolute atomic E-state index is 0.249. The predicted molar refractivity (Wildman–Crippen MR) is 62.6 cm³/mol. The summed E-state index contributed by atoms with van der Waals surface area (Å²) in [7, 11) is 2.17. The Labute approximate surface area is 93.5 Å². The quantitative estimate of drug-likeness (QED) is 0.750. The van der Waals surface area contributed by atoms with Crippen molar-refractivity contribution in [1.29, 1.82) is 5.26 Å². The maximum Gasteiger partial charge on any atom is 0.108 e. The van der Waals surface area contributed by atoms with Crippen LogP contribution in [0.4, 0.5) is 0 Å². The zero-order valence-electron chi connectivity index (χ0n) is 10.2. The third-order valence-corrected chi connectivity index (χ3v) is 3.42. The SMILES string of the molecule is CCCN(C)C1CCC(C#N)(NCC)C1. The summed E-state index contributed by atoms with van der Waals surface area (Å²) < 4.78 is 0. The molecule has 1 aliphatic rings. The van der Waals surface area contributed by atoms with Gasteiger partial charge >= 0.3 is 0 Å². The number of rotatable bonds is 5. The highest BCUT2D eigenvalue weighted by molar-refractivity contribution is 5.13. The number of hydrogen-bond acceptors (Lipinski definition) is 3. The van der Waals surface area contributed by atoms with Gasteiger partial charge in [0.25, 0.3) is 0 Å². The van der Waals surface area contributed by atoms with Gasteiger partial charge in [0.15, 0.2) is 0 Å². The van der Waals surface area contributed by atoms with Gasteiger partial charge in [0.2, 0.25) is 0 Å². The maximum atomic E-state index is 9.25. The number of nitrogens with one attached hydrogen (secondary N) is 1. The lowest BCUT2D eigenvalue weighted by Gasteiger charge is -2.26. The van der Waals surface area contributed by atoms with Crippen LogP contribution in [0.3, 0.4) is 0 Å². The topological polar surface area (TPSA) is 39.1 Å². The molecule has 0 amide bonds. The molecule has 0 radical (unpaired) electrons. The molecule has 0 heterocycles. The van der Waals surface area contributed by atoms with Crippen LogP contribution in [0, 0.1) is 11.3 Å². The summed E-state index contributed by atoms with van der Waals surface area (Å²) in [6.07, 6.45) is 4.31. The molecule has 1 fully saturated rings. The Morgan fingerprint density at radius 2 is 2.27 bits per heavy atom. The van der Waals surface area contributed by atoms with Gasteiger partial charge in [-0.25, -0.2) is 0 Å². The molecule has 0 aromatic carbocycles. The van der Waals surface area contributed by atoms with Crippen LogP contribution in [-0.2, 0) is 0 Å². The van der Waals surface area contributed by atoms with Crippen LogP contribution in [0.1, 0.15) is 39.5 Å². The largest absolute Gasteiger partial charge is 0.303 e. The highest BCUT2D eigenvalue weighted by Crippen LogP contribution is 2.32. The number of hydrogen-bond donors (Lipinski definition) is 1. The summed E-state index contributed by atoms with van der Waals surface area (Å²) >= 11 is 0. The van der Waals surface area contributed by atoms with E-state index in [0.29, 0.717) is 6.04 Å². The lowest BCUT2D eigenvalue weighted by atomic mass is 9.99. The molecule has 1 N–H and O–H groups in total. The van der Waals surface area contributed by atoms with Crippen LogP contribution < -0.4 is 5.32 Å². The fraction of sp³-hybridized carbons (Fsp3) is 0.917. The first-order valence-corrected chi connectivity index (χ1v) is 6.04. The van der Waals surface area contributed by atoms with E-state index in [1.165, 1.54) is 6.42 Å². The first-order valence-electron chi connectivity index (χ1n) is 6.04. The Kier molecular flexibility index (Phi) is 4.56. The molecule has 0 saturated heterocycles. The molecule has 2 unspecified atom stereocenters. The fourth-order valence-corrected chi connectivity index (χ4v) is 2.57. The Morgan fingerprint density at radius 3 is 2.80 bits per heavy atom. The van der Waals surface area contributed by atoms with Crippen molar-refractivity contribution in [2.45, 2.75) is 51.1 Å². The summed E-state index contributed by atoms with van der Waals surface area (Å²) in [6, 6.07) is 3.05. The first-order chi connectivity index (χ1) is 7.17. The van der Waals surface area contributed by atoms with Gasteiger partial charge < -0.3 is 4.90 Å². The average Bonchev–Trinajstić information content (AvgIpc) is 2.64. The molecule has 0 bridgehead atoms. The zero-order valence-corrected chi connectivity index (χ0v) is 10.2. The van der Waals surface area contributed by atoms with Gasteiger partial charge in [0.05, 0.1) is 6.07 Å². The summed E-state index contributed by atoms with van der Waals surface area (Å²) in [5, 5.41) is 12.6. The van der Waals surface area contributed by atoms with Gasteiger partial charge in [0.1, 0.15) is 5.54 Å². The highest BCUT2D eigenvalue weighted by atomic mass is 15.1. The molecule has 0 aliphatic heterocycles. The van der Waals surface area contributed by atoms with Crippen LogP contribution in [0.15, 0.2) is 0 Å². The summed E-state index contributed by atoms with van der Waals surface area (Å²) in [5.74, 6) is 0. The van der Waals surface area contributed by atoms with Gasteiger partial charge in [-0.2, -0.15) is 5.26 Å². The van der Waals surface area contributed by atoms with Crippen molar-refractivity contribution < 1.29 is 0 Å². The van der Waals surface area contributed by atoms with E-state index in [0.717, 1.165) is 32.4 Å². The molecule has 0 spiro atoms. The molecule has 1 aliphatic carbocycles. The van der Waals surface area contributed by atoms with Crippen LogP contribution in [0.25, 0.3) is 0 Å². The van der Waals surface area contributed by atoms with Gasteiger partial charge in [-0.3, -0.25) is 5.32 Å². The van der Waals surface area contributed by atoms with Crippen molar-refractivity contribution in [3.05, 3.63) is 0 Å². The second-order valence-electron chi connectivity index (χ2n) is 4.60. The summed E-state index contributed by atoms with van der Waals surface area (Å²) in [6.45, 7) is 6.30. The highest BCUT2D eigenvalue weighted by Gasteiger charge is 2.39. The predicted octanol–water partition coefficient (Wildman–Crippen LogP) is 1.75. The monoisotopic (exact) mass is 209 g/mol. The Morgan fingerprint density at radius 1 is 1.53 bits per heavy atom. The molecule has 3 heteroatoms. The summed E-state index contributed by atoms with van der Waals surface area (Å²) in [4.78, 5) is 2.40. The van der Waals surface area contributed by atoms with E-state index in [1.807, 2.05) is 0 Å². The smallest absolute Gasteiger partial charge is 0.108 e. The van der Waals surface area contributed by atoms with E-state index in [9.17, 15) is 5.26 Å². The fourth-order valence-electron chi connectivity index (χ4n) is 2.57. The Balaban J connectivity index is 2.53. The Hall–Kier alpha value is -0.590. The van der Waals surface area contributed by atoms with Crippen LogP contribution in [-0.4, -0.2) is 36.6 Å². The van der Waals surface area contributed by atoms with E-state index in [2.05, 4.69) is 37.2 Å². The second-order valence-corrected chi connectivity index (χ2v) is 4.60. The molecule has 3 nitrogen and oxygen atoms in total. The van der Waals surface area contributed by atoms with E-state index >= 15 is 0 Å². The minimum atomic E-state index is -0.249. The van der Waals surface area contributed by atoms with Crippen molar-refractivity contribution in [1.82, 2.24) is 10.2 Å². The van der Waals surface area contributed by atoms with Crippen molar-refractivity contribution in [3.8, 4) is 6.07 Å². The van der Waals surface area contributed by atoms with Gasteiger partial charge in [-0.1, -0.05) is 13.8 Å². The van der Waals surface area contributed by atoms with Gasteiger partial charge in [0, 0.05) is 6.04 Å². The van der Waals surface area contributed by atoms with Crippen molar-refractivity contribution in [2.24, 2.45) is 0 Å². The first kappa shape index (κ1) is 12.5. The molecular weight excluding hydrogens is 186 g/mol. The summed E-state index contributed by atoms with van der Waals surface area (Å²) in [5.41, 5.74) is -0.249. The number of nitriles is 1. The molecule has 86 valence electrons. The lowest BCUT2D eigenvalue weighted by Crippen LogP contribution is -2.43.